The van der Waals surface area contributed by atoms with Gasteiger partial charge in [0.1, 0.15) is 0 Å². The van der Waals surface area contributed by atoms with Gasteiger partial charge in [-0.15, -0.1) is 5.73 Å². The molecule has 0 amide bonds. The summed E-state index contributed by atoms with van der Waals surface area (Å²) in [6.45, 7) is 4.63. The second kappa shape index (κ2) is 5.15. The minimum absolute atomic E-state index is 0.150. The van der Waals surface area contributed by atoms with Gasteiger partial charge in [0.15, 0.2) is 0 Å². The van der Waals surface area contributed by atoms with E-state index < -0.39 is 0 Å². The SMILES string of the molecule is CCC[C@@H]1C[C@@H](CCC)P1C1=C=CC=C1. The average molecular weight is 220 g/mol. The van der Waals surface area contributed by atoms with E-state index in [1.807, 2.05) is 0 Å². The standard InChI is InChI=1S/C14H21P/c1-3-7-13-11-14(8-4-2)15(13)12-9-5-6-10-12/h5-6,9,13-14H,3-4,7-8,11H2,1-2H3/t13-,14-/m1/s1. The second-order valence-corrected chi connectivity index (χ2v) is 7.34. The third-order valence-corrected chi connectivity index (χ3v) is 6.78. The van der Waals surface area contributed by atoms with Crippen LogP contribution in [0.4, 0.5) is 0 Å². The van der Waals surface area contributed by atoms with E-state index in [2.05, 4.69) is 37.8 Å². The van der Waals surface area contributed by atoms with Crippen LogP contribution in [0, 0.1) is 0 Å². The molecule has 2 atom stereocenters. The zero-order valence-corrected chi connectivity index (χ0v) is 10.8. The van der Waals surface area contributed by atoms with E-state index in [1.54, 1.807) is 5.31 Å². The summed E-state index contributed by atoms with van der Waals surface area (Å²) in [5, 5.41) is 1.55. The lowest BCUT2D eigenvalue weighted by Crippen LogP contribution is -2.30. The lowest BCUT2D eigenvalue weighted by Gasteiger charge is -2.45. The lowest BCUT2D eigenvalue weighted by atomic mass is 10.1. The Kier molecular flexibility index (Phi) is 3.84. The first kappa shape index (κ1) is 11.2. The van der Waals surface area contributed by atoms with Crippen molar-refractivity contribution in [2.75, 3.05) is 0 Å². The molecule has 0 unspecified atom stereocenters. The summed E-state index contributed by atoms with van der Waals surface area (Å²) >= 11 is 0. The molecule has 1 saturated heterocycles. The molecule has 0 radical (unpaired) electrons. The van der Waals surface area contributed by atoms with E-state index in [-0.39, 0.29) is 7.92 Å². The molecule has 0 aromatic rings. The first-order valence-electron chi connectivity index (χ1n) is 6.28. The van der Waals surface area contributed by atoms with Gasteiger partial charge in [-0.1, -0.05) is 40.7 Å². The van der Waals surface area contributed by atoms with Crippen LogP contribution in [-0.4, -0.2) is 11.3 Å². The molecule has 0 bridgehead atoms. The number of hydrogen-bond donors (Lipinski definition) is 0. The summed E-state index contributed by atoms with van der Waals surface area (Å²) in [4.78, 5) is 0. The van der Waals surface area contributed by atoms with Crippen LogP contribution in [0.15, 0.2) is 29.3 Å². The monoisotopic (exact) mass is 220 g/mol. The second-order valence-electron chi connectivity index (χ2n) is 4.58. The van der Waals surface area contributed by atoms with Gasteiger partial charge in [0.05, 0.1) is 0 Å². The summed E-state index contributed by atoms with van der Waals surface area (Å²) in [5.74, 6) is 0. The van der Waals surface area contributed by atoms with E-state index >= 15 is 0 Å². The van der Waals surface area contributed by atoms with Crippen LogP contribution in [0.2, 0.25) is 0 Å². The predicted octanol–water partition coefficient (Wildman–Crippen LogP) is 4.82. The topological polar surface area (TPSA) is 0 Å². The summed E-state index contributed by atoms with van der Waals surface area (Å²) in [7, 11) is 0.150. The molecule has 0 aromatic carbocycles. The van der Waals surface area contributed by atoms with Crippen molar-refractivity contribution in [1.29, 1.82) is 0 Å². The van der Waals surface area contributed by atoms with E-state index in [1.165, 1.54) is 32.1 Å². The van der Waals surface area contributed by atoms with Crippen molar-refractivity contribution >= 4 is 7.92 Å². The van der Waals surface area contributed by atoms with Gasteiger partial charge in [-0.05, 0) is 42.7 Å². The highest BCUT2D eigenvalue weighted by molar-refractivity contribution is 7.65. The Labute approximate surface area is 94.9 Å². The minimum atomic E-state index is 0.150. The number of hydrogen-bond acceptors (Lipinski definition) is 0. The molecular formula is C14H21P. The molecular weight excluding hydrogens is 199 g/mol. The molecule has 82 valence electrons. The Morgan fingerprint density at radius 3 is 2.40 bits per heavy atom. The fraction of sp³-hybridized carbons (Fsp3) is 0.643. The molecule has 1 aliphatic heterocycles. The van der Waals surface area contributed by atoms with E-state index in [0.29, 0.717) is 0 Å². The van der Waals surface area contributed by atoms with Crippen molar-refractivity contribution in [3.8, 4) is 0 Å². The van der Waals surface area contributed by atoms with Gasteiger partial charge in [-0.25, -0.2) is 0 Å². The first-order valence-corrected chi connectivity index (χ1v) is 7.76. The normalized spacial score (nSPS) is 29.3. The third kappa shape index (κ3) is 2.27. The molecule has 15 heavy (non-hydrogen) atoms. The van der Waals surface area contributed by atoms with E-state index in [0.717, 1.165) is 11.3 Å². The van der Waals surface area contributed by atoms with Crippen LogP contribution in [0.5, 0.6) is 0 Å². The summed E-state index contributed by atoms with van der Waals surface area (Å²) < 4.78 is 0. The van der Waals surface area contributed by atoms with Crippen molar-refractivity contribution in [3.05, 3.63) is 29.3 Å². The molecule has 0 saturated carbocycles. The Balaban J connectivity index is 2.02. The van der Waals surface area contributed by atoms with Crippen LogP contribution in [0.1, 0.15) is 46.0 Å². The van der Waals surface area contributed by atoms with Crippen molar-refractivity contribution in [2.24, 2.45) is 0 Å². The van der Waals surface area contributed by atoms with Gasteiger partial charge in [0.25, 0.3) is 0 Å². The highest BCUT2D eigenvalue weighted by atomic mass is 31.1. The smallest absolute Gasteiger partial charge is 0.0180 e. The minimum Gasteiger partial charge on any atom is -0.112 e. The maximum atomic E-state index is 3.44. The van der Waals surface area contributed by atoms with Crippen molar-refractivity contribution in [3.63, 3.8) is 0 Å². The molecule has 2 aliphatic rings. The maximum Gasteiger partial charge on any atom is 0.0180 e. The molecule has 1 aliphatic carbocycles. The lowest BCUT2D eigenvalue weighted by molar-refractivity contribution is 0.561. The molecule has 1 fully saturated rings. The Bertz CT molecular complexity index is 295. The van der Waals surface area contributed by atoms with Crippen LogP contribution >= 0.6 is 7.92 Å². The quantitative estimate of drug-likeness (QED) is 0.460. The van der Waals surface area contributed by atoms with Crippen LogP contribution < -0.4 is 0 Å². The van der Waals surface area contributed by atoms with Gasteiger partial charge in [-0.2, -0.15) is 0 Å². The third-order valence-electron chi connectivity index (χ3n) is 3.43. The molecule has 0 aromatic heterocycles. The zero-order chi connectivity index (χ0) is 10.7. The first-order chi connectivity index (χ1) is 7.36. The molecule has 1 heteroatoms. The van der Waals surface area contributed by atoms with Crippen LogP contribution in [0.3, 0.4) is 0 Å². The molecule has 2 rings (SSSR count). The van der Waals surface area contributed by atoms with Crippen LogP contribution in [0.25, 0.3) is 0 Å². The molecule has 0 nitrogen and oxygen atoms in total. The molecule has 0 N–H and O–H groups in total. The Hall–Kier alpha value is -0.310. The maximum absolute atomic E-state index is 3.44. The van der Waals surface area contributed by atoms with Gasteiger partial charge in [0.2, 0.25) is 0 Å². The fourth-order valence-electron chi connectivity index (χ4n) is 2.76. The Morgan fingerprint density at radius 2 is 1.93 bits per heavy atom. The van der Waals surface area contributed by atoms with Crippen LogP contribution in [-0.2, 0) is 0 Å². The van der Waals surface area contributed by atoms with Gasteiger partial charge < -0.3 is 0 Å². The molecule has 1 heterocycles. The number of allylic oxidation sites excluding steroid dienone is 3. The van der Waals surface area contributed by atoms with Crippen molar-refractivity contribution in [2.45, 2.75) is 57.3 Å². The van der Waals surface area contributed by atoms with Gasteiger partial charge >= 0.3 is 0 Å². The highest BCUT2D eigenvalue weighted by Gasteiger charge is 2.40. The highest BCUT2D eigenvalue weighted by Crippen LogP contribution is 2.67. The zero-order valence-electron chi connectivity index (χ0n) is 9.87. The van der Waals surface area contributed by atoms with E-state index in [4.69, 9.17) is 0 Å². The summed E-state index contributed by atoms with van der Waals surface area (Å²) in [5.41, 5.74) is 5.47. The number of rotatable bonds is 5. The average Bonchev–Trinajstić information content (AvgIpc) is 2.69. The van der Waals surface area contributed by atoms with E-state index in [9.17, 15) is 0 Å². The van der Waals surface area contributed by atoms with Gasteiger partial charge in [0, 0.05) is 5.31 Å². The van der Waals surface area contributed by atoms with Gasteiger partial charge in [-0.3, -0.25) is 0 Å². The molecule has 0 spiro atoms. The predicted molar refractivity (Wildman–Crippen MR) is 69.7 cm³/mol. The summed E-state index contributed by atoms with van der Waals surface area (Å²) in [6.07, 6.45) is 13.6. The summed E-state index contributed by atoms with van der Waals surface area (Å²) in [6, 6.07) is 0. The van der Waals surface area contributed by atoms with Crippen molar-refractivity contribution in [1.82, 2.24) is 0 Å². The largest absolute Gasteiger partial charge is 0.112 e. The van der Waals surface area contributed by atoms with Crippen molar-refractivity contribution < 1.29 is 0 Å². The Morgan fingerprint density at radius 1 is 1.27 bits per heavy atom. The fourth-order valence-corrected chi connectivity index (χ4v) is 6.26.